The van der Waals surface area contributed by atoms with Gasteiger partial charge in [0.15, 0.2) is 0 Å². The summed E-state index contributed by atoms with van der Waals surface area (Å²) in [5.41, 5.74) is 1.04. The molecule has 0 aliphatic heterocycles. The Kier molecular flexibility index (Phi) is 1.91. The summed E-state index contributed by atoms with van der Waals surface area (Å²) in [7, 11) is 0. The molecular weight excluding hydrogens is 218 g/mol. The van der Waals surface area contributed by atoms with Gasteiger partial charge < -0.3 is 4.57 Å². The molecule has 60 valence electrons. The first kappa shape index (κ1) is 7.49. The van der Waals surface area contributed by atoms with Crippen LogP contribution in [0.25, 0.3) is 5.69 Å². The first-order chi connectivity index (χ1) is 5.88. The lowest BCUT2D eigenvalue weighted by atomic mass is 10.4. The number of imidazole rings is 1. The average Bonchev–Trinajstić information content (AvgIpc) is 2.57. The Morgan fingerprint density at radius 2 is 2.17 bits per heavy atom. The van der Waals surface area contributed by atoms with E-state index in [2.05, 4.69) is 25.9 Å². The number of hydrogen-bond acceptors (Lipinski definition) is 2. The second-order valence-corrected chi connectivity index (χ2v) is 3.15. The Morgan fingerprint density at radius 3 is 2.83 bits per heavy atom. The van der Waals surface area contributed by atoms with E-state index in [0.29, 0.717) is 0 Å². The van der Waals surface area contributed by atoms with Gasteiger partial charge in [-0.3, -0.25) is 4.98 Å². The van der Waals surface area contributed by atoms with Crippen LogP contribution < -0.4 is 0 Å². The minimum absolute atomic E-state index is 0.961. The molecule has 0 spiro atoms. The summed E-state index contributed by atoms with van der Waals surface area (Å²) in [5, 5.41) is 0. The number of nitrogens with zero attached hydrogens (tertiary/aromatic N) is 3. The van der Waals surface area contributed by atoms with Crippen molar-refractivity contribution in [2.75, 3.05) is 0 Å². The summed E-state index contributed by atoms with van der Waals surface area (Å²) in [5.74, 6) is 0. The van der Waals surface area contributed by atoms with E-state index in [9.17, 15) is 0 Å². The number of aromatic nitrogens is 3. The van der Waals surface area contributed by atoms with E-state index < -0.39 is 0 Å². The van der Waals surface area contributed by atoms with Gasteiger partial charge in [-0.1, -0.05) is 0 Å². The van der Waals surface area contributed by atoms with Gasteiger partial charge in [0.05, 0.1) is 16.5 Å². The van der Waals surface area contributed by atoms with Crippen molar-refractivity contribution in [3.8, 4) is 5.69 Å². The smallest absolute Gasteiger partial charge is 0.0992 e. The van der Waals surface area contributed by atoms with E-state index >= 15 is 0 Å². The highest BCUT2D eigenvalue weighted by Crippen LogP contribution is 2.18. The van der Waals surface area contributed by atoms with E-state index in [1.165, 1.54) is 0 Å². The van der Waals surface area contributed by atoms with Crippen molar-refractivity contribution >= 4 is 15.9 Å². The van der Waals surface area contributed by atoms with Crippen LogP contribution in [0.15, 0.2) is 41.7 Å². The number of hydrogen-bond donors (Lipinski definition) is 0. The molecule has 12 heavy (non-hydrogen) atoms. The highest BCUT2D eigenvalue weighted by molar-refractivity contribution is 9.10. The fraction of sp³-hybridized carbons (Fsp3) is 0. The highest BCUT2D eigenvalue weighted by Gasteiger charge is 1.98. The maximum atomic E-state index is 3.97. The lowest BCUT2D eigenvalue weighted by Gasteiger charge is -2.02. The van der Waals surface area contributed by atoms with Crippen molar-refractivity contribution in [1.82, 2.24) is 14.5 Å². The van der Waals surface area contributed by atoms with Gasteiger partial charge in [-0.2, -0.15) is 0 Å². The maximum absolute atomic E-state index is 3.97. The zero-order valence-corrected chi connectivity index (χ0v) is 7.77. The molecule has 3 nitrogen and oxygen atoms in total. The van der Waals surface area contributed by atoms with Crippen LogP contribution in [0, 0.1) is 0 Å². The maximum Gasteiger partial charge on any atom is 0.0992 e. The second kappa shape index (κ2) is 3.06. The molecule has 0 aliphatic rings. The van der Waals surface area contributed by atoms with Crippen LogP contribution in [0.2, 0.25) is 0 Å². The van der Waals surface area contributed by atoms with Gasteiger partial charge in [0.1, 0.15) is 0 Å². The quantitative estimate of drug-likeness (QED) is 0.741. The molecule has 2 rings (SSSR count). The summed E-state index contributed by atoms with van der Waals surface area (Å²) in [4.78, 5) is 7.94. The number of pyridine rings is 1. The molecule has 0 saturated heterocycles. The summed E-state index contributed by atoms with van der Waals surface area (Å²) in [6.45, 7) is 0. The molecule has 2 aromatic rings. The lowest BCUT2D eigenvalue weighted by Crippen LogP contribution is -1.91. The summed E-state index contributed by atoms with van der Waals surface area (Å²) in [6, 6.07) is 1.92. The van der Waals surface area contributed by atoms with Gasteiger partial charge in [0.25, 0.3) is 0 Å². The predicted molar refractivity (Wildman–Crippen MR) is 49.1 cm³/mol. The van der Waals surface area contributed by atoms with Crippen LogP contribution in [0.1, 0.15) is 0 Å². The van der Waals surface area contributed by atoms with E-state index in [-0.39, 0.29) is 0 Å². The van der Waals surface area contributed by atoms with Gasteiger partial charge in [0.2, 0.25) is 0 Å². The van der Waals surface area contributed by atoms with Crippen molar-refractivity contribution in [1.29, 1.82) is 0 Å². The van der Waals surface area contributed by atoms with Crippen LogP contribution >= 0.6 is 15.9 Å². The molecule has 0 N–H and O–H groups in total. The van der Waals surface area contributed by atoms with Crippen LogP contribution in [0.3, 0.4) is 0 Å². The first-order valence-corrected chi connectivity index (χ1v) is 4.25. The molecule has 0 saturated carbocycles. The summed E-state index contributed by atoms with van der Waals surface area (Å²) in [6.07, 6.45) is 8.89. The molecule has 0 fully saturated rings. The summed E-state index contributed by atoms with van der Waals surface area (Å²) < 4.78 is 2.88. The van der Waals surface area contributed by atoms with Gasteiger partial charge in [-0.15, -0.1) is 0 Å². The van der Waals surface area contributed by atoms with Gasteiger partial charge in [-0.05, 0) is 22.0 Å². The van der Waals surface area contributed by atoms with Crippen molar-refractivity contribution < 1.29 is 0 Å². The molecule has 0 radical (unpaired) electrons. The largest absolute Gasteiger partial charge is 0.305 e. The lowest BCUT2D eigenvalue weighted by molar-refractivity contribution is 1.04. The molecule has 0 aliphatic carbocycles. The monoisotopic (exact) mass is 223 g/mol. The highest BCUT2D eigenvalue weighted by atomic mass is 79.9. The van der Waals surface area contributed by atoms with Gasteiger partial charge in [-0.25, -0.2) is 4.98 Å². The summed E-state index contributed by atoms with van der Waals surface area (Å²) >= 11 is 3.41. The topological polar surface area (TPSA) is 30.7 Å². The molecule has 0 amide bonds. The van der Waals surface area contributed by atoms with E-state index in [1.807, 2.05) is 16.8 Å². The van der Waals surface area contributed by atoms with Crippen molar-refractivity contribution in [3.05, 3.63) is 41.7 Å². The molecule has 0 unspecified atom stereocenters. The van der Waals surface area contributed by atoms with Crippen LogP contribution in [-0.2, 0) is 0 Å². The first-order valence-electron chi connectivity index (χ1n) is 3.46. The fourth-order valence-corrected chi connectivity index (χ4v) is 1.43. The fourth-order valence-electron chi connectivity index (χ4n) is 0.979. The average molecular weight is 224 g/mol. The molecule has 2 aromatic heterocycles. The molecule has 0 atom stereocenters. The zero-order valence-electron chi connectivity index (χ0n) is 6.18. The molecule has 4 heteroatoms. The predicted octanol–water partition coefficient (Wildman–Crippen LogP) is 2.03. The van der Waals surface area contributed by atoms with E-state index in [4.69, 9.17) is 0 Å². The third-order valence-electron chi connectivity index (χ3n) is 1.53. The van der Waals surface area contributed by atoms with Crippen molar-refractivity contribution in [2.45, 2.75) is 0 Å². The molecule has 0 bridgehead atoms. The number of halogens is 1. The minimum Gasteiger partial charge on any atom is -0.305 e. The standard InChI is InChI=1S/C8H6BrN3/c9-7-5-10-2-1-8(7)12-4-3-11-6-12/h1-6H. The van der Waals surface area contributed by atoms with E-state index in [0.717, 1.165) is 10.2 Å². The Bertz CT molecular complexity index is 370. The van der Waals surface area contributed by atoms with Gasteiger partial charge in [0, 0.05) is 24.8 Å². The second-order valence-electron chi connectivity index (χ2n) is 2.30. The van der Waals surface area contributed by atoms with Crippen molar-refractivity contribution in [3.63, 3.8) is 0 Å². The van der Waals surface area contributed by atoms with Crippen LogP contribution in [0.4, 0.5) is 0 Å². The third kappa shape index (κ3) is 1.25. The molecule has 2 heterocycles. The van der Waals surface area contributed by atoms with Crippen LogP contribution in [0.5, 0.6) is 0 Å². The Balaban J connectivity index is 2.55. The molecule has 0 aromatic carbocycles. The normalized spacial score (nSPS) is 10.1. The third-order valence-corrected chi connectivity index (χ3v) is 2.14. The van der Waals surface area contributed by atoms with Crippen molar-refractivity contribution in [2.24, 2.45) is 0 Å². The van der Waals surface area contributed by atoms with Crippen LogP contribution in [-0.4, -0.2) is 14.5 Å². The van der Waals surface area contributed by atoms with Gasteiger partial charge >= 0.3 is 0 Å². The SMILES string of the molecule is Brc1cnccc1-n1ccnc1. The Hall–Kier alpha value is -1.16. The minimum atomic E-state index is 0.961. The number of rotatable bonds is 1. The molecular formula is C8H6BrN3. The Morgan fingerprint density at radius 1 is 1.25 bits per heavy atom. The zero-order chi connectivity index (χ0) is 8.39. The van der Waals surface area contributed by atoms with E-state index in [1.54, 1.807) is 24.9 Å². The Labute approximate surface area is 78.2 Å².